The lowest BCUT2D eigenvalue weighted by Crippen LogP contribution is -2.25. The minimum absolute atomic E-state index is 0.0813. The van der Waals surface area contributed by atoms with Crippen molar-refractivity contribution >= 4 is 0 Å². The summed E-state index contributed by atoms with van der Waals surface area (Å²) < 4.78 is 5.39. The molecule has 0 unspecified atom stereocenters. The molecule has 0 amide bonds. The van der Waals surface area contributed by atoms with Gasteiger partial charge in [-0.1, -0.05) is 25.9 Å². The topological polar surface area (TPSA) is 38.1 Å². The van der Waals surface area contributed by atoms with E-state index in [-0.39, 0.29) is 5.41 Å². The first kappa shape index (κ1) is 8.75. The molecule has 3 heteroatoms. The maximum atomic E-state index is 5.39. The zero-order chi connectivity index (χ0) is 9.47. The summed E-state index contributed by atoms with van der Waals surface area (Å²) >= 11 is 0. The van der Waals surface area contributed by atoms with E-state index in [2.05, 4.69) is 31.2 Å². The predicted octanol–water partition coefficient (Wildman–Crippen LogP) is 1.62. The number of hydrogen-bond donors (Lipinski definition) is 1. The Morgan fingerprint density at radius 3 is 2.85 bits per heavy atom. The van der Waals surface area contributed by atoms with Gasteiger partial charge in [0.2, 0.25) is 0 Å². The van der Waals surface area contributed by atoms with Gasteiger partial charge in [0, 0.05) is 17.5 Å². The van der Waals surface area contributed by atoms with Crippen LogP contribution in [0.2, 0.25) is 0 Å². The highest BCUT2D eigenvalue weighted by Gasteiger charge is 2.27. The molecular formula is C10H16N2O. The molecule has 0 bridgehead atoms. The third-order valence-electron chi connectivity index (χ3n) is 2.39. The Balaban J connectivity index is 2.43. The standard InChI is InChI=1S/C10H16N2O/c1-10(2,3)9-7-4-5-11-6-8(7)12-13-9/h11H,4-6H2,1-3H3. The number of fused-ring (bicyclic) bond motifs is 1. The summed E-state index contributed by atoms with van der Waals surface area (Å²) in [7, 11) is 0. The molecule has 0 saturated heterocycles. The van der Waals surface area contributed by atoms with Crippen molar-refractivity contribution in [3.63, 3.8) is 0 Å². The van der Waals surface area contributed by atoms with Crippen LogP contribution in [0.5, 0.6) is 0 Å². The number of nitrogens with one attached hydrogen (secondary N) is 1. The molecule has 2 rings (SSSR count). The summed E-state index contributed by atoms with van der Waals surface area (Å²) in [5, 5.41) is 7.37. The van der Waals surface area contributed by atoms with Crippen LogP contribution in [0.25, 0.3) is 0 Å². The Bertz CT molecular complexity index is 309. The largest absolute Gasteiger partial charge is 0.360 e. The van der Waals surface area contributed by atoms with Crippen molar-refractivity contribution in [3.05, 3.63) is 17.0 Å². The molecule has 13 heavy (non-hydrogen) atoms. The molecule has 72 valence electrons. The van der Waals surface area contributed by atoms with E-state index in [1.807, 2.05) is 0 Å². The van der Waals surface area contributed by atoms with Gasteiger partial charge in [0.05, 0.1) is 0 Å². The van der Waals surface area contributed by atoms with Gasteiger partial charge in [0.1, 0.15) is 11.5 Å². The average molecular weight is 180 g/mol. The fourth-order valence-corrected chi connectivity index (χ4v) is 1.75. The number of hydrogen-bond acceptors (Lipinski definition) is 3. The summed E-state index contributed by atoms with van der Waals surface area (Å²) in [5.74, 6) is 1.06. The summed E-state index contributed by atoms with van der Waals surface area (Å²) in [6, 6.07) is 0. The van der Waals surface area contributed by atoms with Gasteiger partial charge in [-0.05, 0) is 13.0 Å². The molecule has 1 aliphatic heterocycles. The third-order valence-corrected chi connectivity index (χ3v) is 2.39. The zero-order valence-electron chi connectivity index (χ0n) is 8.48. The number of aromatic nitrogens is 1. The molecule has 0 atom stereocenters. The molecule has 1 N–H and O–H groups in total. The van der Waals surface area contributed by atoms with Crippen molar-refractivity contribution in [2.75, 3.05) is 6.54 Å². The Morgan fingerprint density at radius 1 is 1.38 bits per heavy atom. The lowest BCUT2D eigenvalue weighted by molar-refractivity contribution is 0.324. The molecule has 0 fully saturated rings. The minimum Gasteiger partial charge on any atom is -0.360 e. The van der Waals surface area contributed by atoms with Crippen molar-refractivity contribution < 1.29 is 4.52 Å². The molecule has 1 aliphatic rings. The van der Waals surface area contributed by atoms with E-state index in [1.165, 1.54) is 5.56 Å². The van der Waals surface area contributed by atoms with Crippen molar-refractivity contribution in [2.24, 2.45) is 0 Å². The first-order valence-electron chi connectivity index (χ1n) is 4.77. The highest BCUT2D eigenvalue weighted by Crippen LogP contribution is 2.29. The number of nitrogens with zero attached hydrogens (tertiary/aromatic N) is 1. The maximum Gasteiger partial charge on any atom is 0.145 e. The fraction of sp³-hybridized carbons (Fsp3) is 0.700. The SMILES string of the molecule is CC(C)(C)c1onc2c1CCNC2. The normalized spacial score (nSPS) is 17.2. The third kappa shape index (κ3) is 1.48. The highest BCUT2D eigenvalue weighted by atomic mass is 16.5. The van der Waals surface area contributed by atoms with Crippen LogP contribution in [0, 0.1) is 0 Å². The molecule has 0 aromatic carbocycles. The summed E-state index contributed by atoms with van der Waals surface area (Å²) in [6.45, 7) is 8.38. The quantitative estimate of drug-likeness (QED) is 0.659. The summed E-state index contributed by atoms with van der Waals surface area (Å²) in [6.07, 6.45) is 1.05. The second kappa shape index (κ2) is 2.84. The number of rotatable bonds is 0. The molecule has 0 saturated carbocycles. The van der Waals surface area contributed by atoms with E-state index in [0.29, 0.717) is 0 Å². The second-order valence-electron chi connectivity index (χ2n) is 4.61. The van der Waals surface area contributed by atoms with Gasteiger partial charge in [-0.25, -0.2) is 0 Å². The molecule has 0 aliphatic carbocycles. The van der Waals surface area contributed by atoms with Crippen molar-refractivity contribution in [1.82, 2.24) is 10.5 Å². The lowest BCUT2D eigenvalue weighted by atomic mass is 9.88. The van der Waals surface area contributed by atoms with Crippen molar-refractivity contribution in [2.45, 2.75) is 39.2 Å². The van der Waals surface area contributed by atoms with Gasteiger partial charge in [-0.2, -0.15) is 0 Å². The van der Waals surface area contributed by atoms with Crippen LogP contribution < -0.4 is 5.32 Å². The van der Waals surface area contributed by atoms with Crippen LogP contribution in [-0.2, 0) is 18.4 Å². The van der Waals surface area contributed by atoms with E-state index < -0.39 is 0 Å². The minimum atomic E-state index is 0.0813. The van der Waals surface area contributed by atoms with Crippen molar-refractivity contribution in [1.29, 1.82) is 0 Å². The highest BCUT2D eigenvalue weighted by molar-refractivity contribution is 5.29. The van der Waals surface area contributed by atoms with Crippen LogP contribution >= 0.6 is 0 Å². The summed E-state index contributed by atoms with van der Waals surface area (Å²) in [4.78, 5) is 0. The van der Waals surface area contributed by atoms with E-state index in [4.69, 9.17) is 4.52 Å². The molecule has 3 nitrogen and oxygen atoms in total. The Hall–Kier alpha value is -0.830. The van der Waals surface area contributed by atoms with Crippen LogP contribution in [0.1, 0.15) is 37.8 Å². The van der Waals surface area contributed by atoms with Gasteiger partial charge in [-0.15, -0.1) is 0 Å². The Labute approximate surface area is 78.5 Å². The van der Waals surface area contributed by atoms with Gasteiger partial charge >= 0.3 is 0 Å². The molecule has 2 heterocycles. The molecule has 1 aromatic rings. The fourth-order valence-electron chi connectivity index (χ4n) is 1.75. The van der Waals surface area contributed by atoms with Crippen LogP contribution in [-0.4, -0.2) is 11.7 Å². The van der Waals surface area contributed by atoms with E-state index >= 15 is 0 Å². The van der Waals surface area contributed by atoms with E-state index in [9.17, 15) is 0 Å². The van der Waals surface area contributed by atoms with Gasteiger partial charge < -0.3 is 9.84 Å². The van der Waals surface area contributed by atoms with Crippen molar-refractivity contribution in [3.8, 4) is 0 Å². The van der Waals surface area contributed by atoms with E-state index in [0.717, 1.165) is 31.0 Å². The first-order valence-corrected chi connectivity index (χ1v) is 4.77. The lowest BCUT2D eigenvalue weighted by Gasteiger charge is -2.18. The first-order chi connectivity index (χ1) is 6.09. The van der Waals surface area contributed by atoms with Crippen LogP contribution in [0.15, 0.2) is 4.52 Å². The Morgan fingerprint density at radius 2 is 2.15 bits per heavy atom. The monoisotopic (exact) mass is 180 g/mol. The Kier molecular flexibility index (Phi) is 1.91. The van der Waals surface area contributed by atoms with Gasteiger partial charge in [-0.3, -0.25) is 0 Å². The summed E-state index contributed by atoms with van der Waals surface area (Å²) in [5.41, 5.74) is 2.50. The van der Waals surface area contributed by atoms with E-state index in [1.54, 1.807) is 0 Å². The maximum absolute atomic E-state index is 5.39. The van der Waals surface area contributed by atoms with Crippen LogP contribution in [0.4, 0.5) is 0 Å². The molecule has 1 aromatic heterocycles. The van der Waals surface area contributed by atoms with Gasteiger partial charge in [0.25, 0.3) is 0 Å². The predicted molar refractivity (Wildman–Crippen MR) is 50.6 cm³/mol. The molecule has 0 spiro atoms. The smallest absolute Gasteiger partial charge is 0.145 e. The average Bonchev–Trinajstić information content (AvgIpc) is 2.45. The molecular weight excluding hydrogens is 164 g/mol. The van der Waals surface area contributed by atoms with Gasteiger partial charge in [0.15, 0.2) is 0 Å². The second-order valence-corrected chi connectivity index (χ2v) is 4.61. The molecule has 0 radical (unpaired) electrons. The zero-order valence-corrected chi connectivity index (χ0v) is 8.48. The van der Waals surface area contributed by atoms with Crippen LogP contribution in [0.3, 0.4) is 0 Å².